The van der Waals surface area contributed by atoms with Gasteiger partial charge in [0.2, 0.25) is 0 Å². The summed E-state index contributed by atoms with van der Waals surface area (Å²) in [6, 6.07) is 0. The largest absolute Gasteiger partial charge is 0.330 e. The van der Waals surface area contributed by atoms with Crippen molar-refractivity contribution in [3.05, 3.63) is 0 Å². The minimum Gasteiger partial charge on any atom is -0.330 e. The highest BCUT2D eigenvalue weighted by molar-refractivity contribution is 8.24. The fraction of sp³-hybridized carbons (Fsp3) is 1.00. The van der Waals surface area contributed by atoms with Crippen molar-refractivity contribution < 1.29 is 9.11 Å². The fourth-order valence-electron chi connectivity index (χ4n) is 1.09. The first kappa shape index (κ1) is 7.34. The first-order valence-electron chi connectivity index (χ1n) is 3.08. The maximum absolute atomic E-state index is 9.08. The molecule has 4 N–H and O–H groups in total. The second-order valence-electron chi connectivity index (χ2n) is 2.56. The Kier molecular flexibility index (Phi) is 2.00. The van der Waals surface area contributed by atoms with Crippen molar-refractivity contribution in [1.82, 2.24) is 0 Å². The monoisotopic (exact) mass is 151 g/mol. The van der Waals surface area contributed by atoms with Gasteiger partial charge in [0.1, 0.15) is 0 Å². The molecule has 1 aliphatic heterocycles. The summed E-state index contributed by atoms with van der Waals surface area (Å²) in [7, 11) is -2.19. The molecule has 0 aromatic rings. The molecule has 0 bridgehead atoms. The van der Waals surface area contributed by atoms with Gasteiger partial charge >= 0.3 is 0 Å². The molecule has 1 aliphatic rings. The van der Waals surface area contributed by atoms with Crippen LogP contribution in [-0.4, -0.2) is 27.2 Å². The average molecular weight is 151 g/mol. The van der Waals surface area contributed by atoms with Gasteiger partial charge in [-0.05, 0) is 18.9 Å². The smallest absolute Gasteiger partial charge is 0.0415 e. The van der Waals surface area contributed by atoms with E-state index >= 15 is 0 Å². The van der Waals surface area contributed by atoms with E-state index in [-0.39, 0.29) is 0 Å². The minimum absolute atomic E-state index is 0.356. The third-order valence-corrected chi connectivity index (χ3v) is 3.58. The number of rotatable bonds is 1. The van der Waals surface area contributed by atoms with Crippen molar-refractivity contribution in [2.24, 2.45) is 11.7 Å². The molecule has 1 fully saturated rings. The highest BCUT2D eigenvalue weighted by atomic mass is 32.3. The van der Waals surface area contributed by atoms with Crippen LogP contribution in [0.25, 0.3) is 0 Å². The van der Waals surface area contributed by atoms with Gasteiger partial charge in [-0.25, -0.2) is 0 Å². The average Bonchev–Trinajstić information content (AvgIpc) is 2.10. The summed E-state index contributed by atoms with van der Waals surface area (Å²) in [6.45, 7) is 0.593. The molecule has 4 heteroatoms. The van der Waals surface area contributed by atoms with E-state index in [2.05, 4.69) is 0 Å². The van der Waals surface area contributed by atoms with Crippen LogP contribution in [0.5, 0.6) is 0 Å². The Balaban J connectivity index is 2.38. The highest BCUT2D eigenvalue weighted by Crippen LogP contribution is 2.47. The van der Waals surface area contributed by atoms with E-state index in [0.717, 1.165) is 6.42 Å². The van der Waals surface area contributed by atoms with Gasteiger partial charge in [0.15, 0.2) is 0 Å². The lowest BCUT2D eigenvalue weighted by molar-refractivity contribution is 0.492. The Morgan fingerprint density at radius 1 is 1.56 bits per heavy atom. The molecule has 1 heterocycles. The van der Waals surface area contributed by atoms with Gasteiger partial charge in [-0.3, -0.25) is 9.11 Å². The zero-order valence-corrected chi connectivity index (χ0v) is 6.10. The molecular formula is C5H13NO2S. The first-order valence-corrected chi connectivity index (χ1v) is 4.96. The molecule has 0 aliphatic carbocycles. The molecule has 0 aromatic carbocycles. The molecule has 1 rings (SSSR count). The minimum atomic E-state index is -2.19. The van der Waals surface area contributed by atoms with Crippen LogP contribution in [0.4, 0.5) is 0 Å². The molecule has 0 aromatic heterocycles. The predicted molar refractivity (Wildman–Crippen MR) is 39.7 cm³/mol. The van der Waals surface area contributed by atoms with E-state index in [1.54, 1.807) is 0 Å². The second kappa shape index (κ2) is 2.46. The zero-order valence-electron chi connectivity index (χ0n) is 5.29. The molecular weight excluding hydrogens is 138 g/mol. The fourth-order valence-corrected chi connectivity index (χ4v) is 3.02. The normalized spacial score (nSPS) is 36.6. The summed E-state index contributed by atoms with van der Waals surface area (Å²) in [5.74, 6) is 1.45. The quantitative estimate of drug-likeness (QED) is 0.517. The van der Waals surface area contributed by atoms with E-state index in [4.69, 9.17) is 14.8 Å². The molecule has 1 atom stereocenters. The molecule has 56 valence electrons. The Hall–Kier alpha value is 0.230. The summed E-state index contributed by atoms with van der Waals surface area (Å²) < 4.78 is 18.2. The number of nitrogens with two attached hydrogens (primary N) is 1. The van der Waals surface area contributed by atoms with E-state index in [1.807, 2.05) is 0 Å². The van der Waals surface area contributed by atoms with Crippen molar-refractivity contribution in [3.8, 4) is 0 Å². The first-order chi connectivity index (χ1) is 4.14. The van der Waals surface area contributed by atoms with Crippen LogP contribution < -0.4 is 5.73 Å². The van der Waals surface area contributed by atoms with Crippen LogP contribution in [0, 0.1) is 5.92 Å². The molecule has 3 nitrogen and oxygen atoms in total. The predicted octanol–water partition coefficient (Wildman–Crippen LogP) is 0.716. The van der Waals surface area contributed by atoms with Gasteiger partial charge in [0, 0.05) is 11.5 Å². The van der Waals surface area contributed by atoms with Crippen LogP contribution >= 0.6 is 10.6 Å². The summed E-state index contributed by atoms with van der Waals surface area (Å²) in [5, 5.41) is 0. The third kappa shape index (κ3) is 1.82. The van der Waals surface area contributed by atoms with Gasteiger partial charge in [-0.15, -0.1) is 0 Å². The summed E-state index contributed by atoms with van der Waals surface area (Å²) >= 11 is 0. The van der Waals surface area contributed by atoms with Crippen molar-refractivity contribution >= 4 is 10.6 Å². The van der Waals surface area contributed by atoms with Gasteiger partial charge < -0.3 is 5.73 Å². The van der Waals surface area contributed by atoms with Crippen molar-refractivity contribution in [1.29, 1.82) is 0 Å². The highest BCUT2D eigenvalue weighted by Gasteiger charge is 2.26. The standard InChI is InChI=1S/C5H13NO2S/c6-3-5-1-2-9(7,8)4-5/h5,7-8H,1-4,6H2. The molecule has 0 amide bonds. The van der Waals surface area contributed by atoms with Crippen molar-refractivity contribution in [2.75, 3.05) is 18.1 Å². The van der Waals surface area contributed by atoms with Crippen molar-refractivity contribution in [3.63, 3.8) is 0 Å². The van der Waals surface area contributed by atoms with E-state index in [1.165, 1.54) is 0 Å². The Morgan fingerprint density at radius 2 is 2.22 bits per heavy atom. The lowest BCUT2D eigenvalue weighted by Gasteiger charge is -2.25. The van der Waals surface area contributed by atoms with Crippen LogP contribution in [-0.2, 0) is 0 Å². The van der Waals surface area contributed by atoms with Crippen molar-refractivity contribution in [2.45, 2.75) is 6.42 Å². The van der Waals surface area contributed by atoms with E-state index < -0.39 is 10.6 Å². The Bertz CT molecular complexity index is 107. The summed E-state index contributed by atoms with van der Waals surface area (Å²) in [5.41, 5.74) is 5.35. The SMILES string of the molecule is NCC1CCS(O)(O)C1. The van der Waals surface area contributed by atoms with Crippen LogP contribution in [0.3, 0.4) is 0 Å². The van der Waals surface area contributed by atoms with Crippen LogP contribution in [0.2, 0.25) is 0 Å². The van der Waals surface area contributed by atoms with Crippen LogP contribution in [0.1, 0.15) is 6.42 Å². The Labute approximate surface area is 56.6 Å². The summed E-state index contributed by atoms with van der Waals surface area (Å²) in [4.78, 5) is 0. The van der Waals surface area contributed by atoms with Gasteiger partial charge in [-0.2, -0.15) is 10.6 Å². The molecule has 1 saturated heterocycles. The third-order valence-electron chi connectivity index (χ3n) is 1.69. The molecule has 0 radical (unpaired) electrons. The van der Waals surface area contributed by atoms with E-state index in [0.29, 0.717) is 24.0 Å². The van der Waals surface area contributed by atoms with Gasteiger partial charge in [-0.1, -0.05) is 0 Å². The molecule has 0 spiro atoms. The molecule has 1 unspecified atom stereocenters. The lowest BCUT2D eigenvalue weighted by Crippen LogP contribution is -2.14. The topological polar surface area (TPSA) is 66.5 Å². The second-order valence-corrected chi connectivity index (χ2v) is 4.91. The maximum Gasteiger partial charge on any atom is 0.0415 e. The number of hydrogen-bond acceptors (Lipinski definition) is 3. The zero-order chi connectivity index (χ0) is 6.91. The van der Waals surface area contributed by atoms with Crippen LogP contribution in [0.15, 0.2) is 0 Å². The molecule has 9 heavy (non-hydrogen) atoms. The Morgan fingerprint density at radius 3 is 2.44 bits per heavy atom. The van der Waals surface area contributed by atoms with Gasteiger partial charge in [0.05, 0.1) is 0 Å². The van der Waals surface area contributed by atoms with Gasteiger partial charge in [0.25, 0.3) is 0 Å². The summed E-state index contributed by atoms with van der Waals surface area (Å²) in [6.07, 6.45) is 0.888. The van der Waals surface area contributed by atoms with E-state index in [9.17, 15) is 0 Å². The number of hydrogen-bond donors (Lipinski definition) is 3. The maximum atomic E-state index is 9.08. The molecule has 0 saturated carbocycles. The lowest BCUT2D eigenvalue weighted by atomic mass is 10.1.